The number of aromatic nitrogens is 2. The molecule has 0 bridgehead atoms. The number of carbonyl (C=O) groups excluding carboxylic acids is 1. The first-order chi connectivity index (χ1) is 20.4. The van der Waals surface area contributed by atoms with Gasteiger partial charge in [-0.15, -0.1) is 0 Å². The Morgan fingerprint density at radius 1 is 1.00 bits per heavy atom. The standard InChI is InChI=1S/C33H31FN4O4/c1-20-26(13-22-14-28(41-2)32(39)29(15-22)42-3)25-10-9-23(34)16-27(25)30(20)31(37-18-21-7-6-11-35-17-21)33(40)38-19-24-8-4-5-12-36-24/h4-17,31,37,39H,18-19H2,1-3H3,(H,38,40)/b26-13-. The number of phenolic OH excluding ortho intramolecular Hbond substituents is 1. The van der Waals surface area contributed by atoms with E-state index in [1.165, 1.54) is 26.4 Å². The summed E-state index contributed by atoms with van der Waals surface area (Å²) < 4.78 is 25.4. The van der Waals surface area contributed by atoms with E-state index < -0.39 is 11.9 Å². The number of pyridine rings is 2. The Labute approximate surface area is 243 Å². The molecule has 2 heterocycles. The smallest absolute Gasteiger partial charge is 0.242 e. The number of hydrogen-bond acceptors (Lipinski definition) is 7. The zero-order valence-electron chi connectivity index (χ0n) is 23.5. The first-order valence-electron chi connectivity index (χ1n) is 13.4. The van der Waals surface area contributed by atoms with Gasteiger partial charge in [0.05, 0.1) is 26.5 Å². The van der Waals surface area contributed by atoms with Gasteiger partial charge in [0.1, 0.15) is 11.9 Å². The van der Waals surface area contributed by atoms with Gasteiger partial charge < -0.3 is 19.9 Å². The average molecular weight is 567 g/mol. The van der Waals surface area contributed by atoms with E-state index in [1.54, 1.807) is 36.8 Å². The molecule has 8 nitrogen and oxygen atoms in total. The topological polar surface area (TPSA) is 106 Å². The molecule has 1 amide bonds. The number of amides is 1. The Morgan fingerprint density at radius 2 is 1.79 bits per heavy atom. The monoisotopic (exact) mass is 566 g/mol. The lowest BCUT2D eigenvalue weighted by Crippen LogP contribution is -2.44. The van der Waals surface area contributed by atoms with Gasteiger partial charge in [-0.1, -0.05) is 18.2 Å². The molecule has 0 saturated carbocycles. The van der Waals surface area contributed by atoms with Crippen molar-refractivity contribution in [2.75, 3.05) is 14.2 Å². The molecule has 0 fully saturated rings. The van der Waals surface area contributed by atoms with E-state index in [4.69, 9.17) is 9.47 Å². The number of ether oxygens (including phenoxy) is 2. The van der Waals surface area contributed by atoms with Crippen LogP contribution >= 0.6 is 0 Å². The number of allylic oxidation sites excluding steroid dienone is 2. The lowest BCUT2D eigenvalue weighted by Gasteiger charge is -2.22. The second-order valence-electron chi connectivity index (χ2n) is 9.77. The van der Waals surface area contributed by atoms with Crippen LogP contribution < -0.4 is 20.1 Å². The predicted molar refractivity (Wildman–Crippen MR) is 159 cm³/mol. The molecule has 3 N–H and O–H groups in total. The van der Waals surface area contributed by atoms with Crippen LogP contribution in [0.25, 0.3) is 17.2 Å². The number of carbonyl (C=O) groups is 1. The molecule has 0 aliphatic heterocycles. The number of phenols is 1. The third-order valence-electron chi connectivity index (χ3n) is 7.14. The van der Waals surface area contributed by atoms with Crippen molar-refractivity contribution < 1.29 is 23.8 Å². The summed E-state index contributed by atoms with van der Waals surface area (Å²) in [4.78, 5) is 22.3. The minimum Gasteiger partial charge on any atom is -0.502 e. The maximum absolute atomic E-state index is 14.7. The van der Waals surface area contributed by atoms with Crippen LogP contribution in [0.2, 0.25) is 0 Å². The lowest BCUT2D eigenvalue weighted by atomic mass is 9.97. The lowest BCUT2D eigenvalue weighted by molar-refractivity contribution is -0.122. The number of fused-ring (bicyclic) bond motifs is 1. The van der Waals surface area contributed by atoms with Crippen LogP contribution in [0.4, 0.5) is 4.39 Å². The highest BCUT2D eigenvalue weighted by atomic mass is 19.1. The molecular formula is C33H31FN4O4. The molecule has 4 aromatic rings. The number of methoxy groups -OCH3 is 2. The molecule has 2 aromatic heterocycles. The third kappa shape index (κ3) is 6.01. The quantitative estimate of drug-likeness (QED) is 0.244. The summed E-state index contributed by atoms with van der Waals surface area (Å²) in [6.07, 6.45) is 7.00. The van der Waals surface area contributed by atoms with Gasteiger partial charge >= 0.3 is 0 Å². The number of rotatable bonds is 10. The Morgan fingerprint density at radius 3 is 2.45 bits per heavy atom. The highest BCUT2D eigenvalue weighted by Crippen LogP contribution is 2.45. The molecule has 0 saturated heterocycles. The first kappa shape index (κ1) is 28.5. The largest absolute Gasteiger partial charge is 0.502 e. The molecule has 1 aliphatic carbocycles. The van der Waals surface area contributed by atoms with E-state index in [1.807, 2.05) is 43.3 Å². The predicted octanol–water partition coefficient (Wildman–Crippen LogP) is 5.14. The van der Waals surface area contributed by atoms with Crippen molar-refractivity contribution in [3.8, 4) is 17.2 Å². The van der Waals surface area contributed by atoms with Crippen LogP contribution in [0.3, 0.4) is 0 Å². The van der Waals surface area contributed by atoms with Crippen LogP contribution in [-0.2, 0) is 17.9 Å². The Bertz CT molecular complexity index is 1630. The van der Waals surface area contributed by atoms with Crippen LogP contribution in [0.1, 0.15) is 34.9 Å². The van der Waals surface area contributed by atoms with Crippen molar-refractivity contribution in [3.63, 3.8) is 0 Å². The molecule has 214 valence electrons. The molecule has 42 heavy (non-hydrogen) atoms. The van der Waals surface area contributed by atoms with E-state index >= 15 is 0 Å². The second kappa shape index (κ2) is 12.7. The molecule has 9 heteroatoms. The van der Waals surface area contributed by atoms with Gasteiger partial charge in [0.2, 0.25) is 11.7 Å². The Balaban J connectivity index is 1.59. The third-order valence-corrected chi connectivity index (χ3v) is 7.14. The maximum Gasteiger partial charge on any atom is 0.242 e. The first-order valence-corrected chi connectivity index (χ1v) is 13.4. The summed E-state index contributed by atoms with van der Waals surface area (Å²) in [6, 6.07) is 16.4. The van der Waals surface area contributed by atoms with Gasteiger partial charge in [0, 0.05) is 25.1 Å². The minimum absolute atomic E-state index is 0.103. The molecule has 2 aromatic carbocycles. The SMILES string of the molecule is COc1cc(/C=C2/C(C)=C(C(NCc3cccnc3)C(=O)NCc3ccccn3)c3cc(F)ccc32)cc(OC)c1O. The number of nitrogens with zero attached hydrogens (tertiary/aromatic N) is 2. The Kier molecular flexibility index (Phi) is 8.59. The fourth-order valence-electron chi connectivity index (χ4n) is 5.08. The molecular weight excluding hydrogens is 535 g/mol. The maximum atomic E-state index is 14.7. The fourth-order valence-corrected chi connectivity index (χ4v) is 5.08. The van der Waals surface area contributed by atoms with Crippen molar-refractivity contribution in [1.29, 1.82) is 0 Å². The molecule has 1 unspecified atom stereocenters. The minimum atomic E-state index is -0.816. The van der Waals surface area contributed by atoms with Crippen molar-refractivity contribution in [2.45, 2.75) is 26.1 Å². The number of nitrogens with one attached hydrogen (secondary N) is 2. The van der Waals surface area contributed by atoms with Gasteiger partial charge in [0.15, 0.2) is 11.5 Å². The van der Waals surface area contributed by atoms with E-state index in [2.05, 4.69) is 20.6 Å². The van der Waals surface area contributed by atoms with Gasteiger partial charge in [-0.3, -0.25) is 20.1 Å². The highest BCUT2D eigenvalue weighted by molar-refractivity contribution is 6.11. The van der Waals surface area contributed by atoms with Crippen LogP contribution in [0.15, 0.2) is 84.8 Å². The van der Waals surface area contributed by atoms with Crippen molar-refractivity contribution in [2.24, 2.45) is 0 Å². The fraction of sp³-hybridized carbons (Fsp3) is 0.182. The molecule has 5 rings (SSSR count). The second-order valence-corrected chi connectivity index (χ2v) is 9.77. The molecule has 0 radical (unpaired) electrons. The number of benzene rings is 2. The number of halogens is 1. The van der Waals surface area contributed by atoms with Crippen molar-refractivity contribution in [3.05, 3.63) is 119 Å². The zero-order chi connectivity index (χ0) is 29.6. The summed E-state index contributed by atoms with van der Waals surface area (Å²) in [5.41, 5.74) is 5.99. The van der Waals surface area contributed by atoms with Crippen LogP contribution in [0.5, 0.6) is 17.2 Å². The summed E-state index contributed by atoms with van der Waals surface area (Å²) in [5, 5.41) is 16.8. The van der Waals surface area contributed by atoms with Crippen molar-refractivity contribution in [1.82, 2.24) is 20.6 Å². The van der Waals surface area contributed by atoms with Gasteiger partial charge in [-0.05, 0) is 94.4 Å². The normalized spacial score (nSPS) is 14.0. The summed E-state index contributed by atoms with van der Waals surface area (Å²) in [6.45, 7) is 2.52. The zero-order valence-corrected chi connectivity index (χ0v) is 23.5. The number of aromatic hydroxyl groups is 1. The number of hydrogen-bond donors (Lipinski definition) is 3. The van der Waals surface area contributed by atoms with Crippen LogP contribution in [-0.4, -0.2) is 41.2 Å². The van der Waals surface area contributed by atoms with Crippen molar-refractivity contribution >= 4 is 23.1 Å². The van der Waals surface area contributed by atoms with E-state index in [9.17, 15) is 14.3 Å². The summed E-state index contributed by atoms with van der Waals surface area (Å²) in [7, 11) is 2.93. The summed E-state index contributed by atoms with van der Waals surface area (Å²) in [5.74, 6) is -0.277. The van der Waals surface area contributed by atoms with Gasteiger partial charge in [0.25, 0.3) is 0 Å². The highest BCUT2D eigenvalue weighted by Gasteiger charge is 2.33. The van der Waals surface area contributed by atoms with E-state index in [0.29, 0.717) is 23.2 Å². The Hall–Kier alpha value is -5.02. The van der Waals surface area contributed by atoms with E-state index in [-0.39, 0.29) is 29.7 Å². The molecule has 1 atom stereocenters. The van der Waals surface area contributed by atoms with Gasteiger partial charge in [-0.2, -0.15) is 0 Å². The molecule has 1 aliphatic rings. The van der Waals surface area contributed by atoms with Gasteiger partial charge in [-0.25, -0.2) is 4.39 Å². The van der Waals surface area contributed by atoms with Crippen LogP contribution in [0, 0.1) is 5.82 Å². The molecule has 0 spiro atoms. The van der Waals surface area contributed by atoms with E-state index in [0.717, 1.165) is 28.0 Å². The summed E-state index contributed by atoms with van der Waals surface area (Å²) >= 11 is 0. The average Bonchev–Trinajstić information content (AvgIpc) is 3.27.